The zero-order valence-electron chi connectivity index (χ0n) is 8.08. The van der Waals surface area contributed by atoms with Crippen LogP contribution < -0.4 is 15.2 Å². The molecule has 0 spiro atoms. The van der Waals surface area contributed by atoms with Gasteiger partial charge < -0.3 is 5.73 Å². The maximum absolute atomic E-state index is 11.2. The van der Waals surface area contributed by atoms with E-state index in [-0.39, 0.29) is 17.8 Å². The fourth-order valence-electron chi connectivity index (χ4n) is 1.73. The lowest BCUT2D eigenvalue weighted by molar-refractivity contribution is 0.516. The average molecular weight is 220 g/mol. The van der Waals surface area contributed by atoms with Crippen LogP contribution in [0.1, 0.15) is 19.3 Å². The first-order chi connectivity index (χ1) is 6.46. The largest absolute Gasteiger partial charge is 0.387 e. The van der Waals surface area contributed by atoms with Crippen molar-refractivity contribution in [3.63, 3.8) is 0 Å². The molecule has 14 heavy (non-hydrogen) atoms. The smallest absolute Gasteiger partial charge is 0.276 e. The van der Waals surface area contributed by atoms with E-state index in [2.05, 4.69) is 9.44 Å². The average Bonchev–Trinajstić information content (AvgIpc) is 2.51. The predicted octanol–water partition coefficient (Wildman–Crippen LogP) is -0.855. The lowest BCUT2D eigenvalue weighted by Gasteiger charge is -2.19. The molecular formula is C7H16N4O2S. The van der Waals surface area contributed by atoms with Crippen LogP contribution in [0, 0.1) is 11.3 Å². The predicted molar refractivity (Wildman–Crippen MR) is 54.2 cm³/mol. The zero-order chi connectivity index (χ0) is 10.8. The highest BCUT2D eigenvalue weighted by atomic mass is 32.2. The molecule has 82 valence electrons. The summed E-state index contributed by atoms with van der Waals surface area (Å²) in [5.41, 5.74) is 5.38. The van der Waals surface area contributed by atoms with Crippen LogP contribution in [0.2, 0.25) is 0 Å². The van der Waals surface area contributed by atoms with Gasteiger partial charge in [-0.15, -0.1) is 0 Å². The molecule has 0 heterocycles. The molecule has 7 heteroatoms. The van der Waals surface area contributed by atoms with Crippen molar-refractivity contribution in [1.29, 1.82) is 5.41 Å². The molecule has 2 unspecified atom stereocenters. The minimum absolute atomic E-state index is 0.0614. The summed E-state index contributed by atoms with van der Waals surface area (Å²) < 4.78 is 27.0. The first kappa shape index (κ1) is 11.4. The van der Waals surface area contributed by atoms with Gasteiger partial charge in [0.1, 0.15) is 0 Å². The van der Waals surface area contributed by atoms with Gasteiger partial charge in [0.2, 0.25) is 0 Å². The topological polar surface area (TPSA) is 108 Å². The van der Waals surface area contributed by atoms with Gasteiger partial charge >= 0.3 is 0 Å². The van der Waals surface area contributed by atoms with Gasteiger partial charge in [0.25, 0.3) is 10.2 Å². The van der Waals surface area contributed by atoms with Crippen molar-refractivity contribution in [2.45, 2.75) is 25.3 Å². The molecule has 1 saturated carbocycles. The third-order valence-electron chi connectivity index (χ3n) is 2.49. The maximum atomic E-state index is 11.2. The van der Waals surface area contributed by atoms with E-state index in [1.807, 2.05) is 0 Å². The molecule has 0 bridgehead atoms. The van der Waals surface area contributed by atoms with Gasteiger partial charge in [-0.2, -0.15) is 13.1 Å². The number of rotatable bonds is 4. The highest BCUT2D eigenvalue weighted by Crippen LogP contribution is 2.25. The van der Waals surface area contributed by atoms with Gasteiger partial charge in [0.15, 0.2) is 0 Å². The molecule has 1 aliphatic carbocycles. The van der Waals surface area contributed by atoms with Crippen LogP contribution in [0.15, 0.2) is 0 Å². The van der Waals surface area contributed by atoms with Gasteiger partial charge in [0.05, 0.1) is 5.84 Å². The van der Waals surface area contributed by atoms with Gasteiger partial charge in [0, 0.05) is 19.0 Å². The number of hydrogen-bond acceptors (Lipinski definition) is 3. The number of amidine groups is 1. The van der Waals surface area contributed by atoms with E-state index in [1.54, 1.807) is 0 Å². The molecule has 1 fully saturated rings. The SMILES string of the molecule is CNS(=O)(=O)NC1CCCC1C(=N)N. The number of nitrogens with two attached hydrogens (primary N) is 1. The van der Waals surface area contributed by atoms with E-state index in [1.165, 1.54) is 7.05 Å². The van der Waals surface area contributed by atoms with E-state index in [9.17, 15) is 8.42 Å². The highest BCUT2D eigenvalue weighted by Gasteiger charge is 2.31. The second-order valence-electron chi connectivity index (χ2n) is 3.42. The maximum Gasteiger partial charge on any atom is 0.276 e. The van der Waals surface area contributed by atoms with Crippen molar-refractivity contribution in [3.05, 3.63) is 0 Å². The molecular weight excluding hydrogens is 204 g/mol. The van der Waals surface area contributed by atoms with Crippen molar-refractivity contribution in [1.82, 2.24) is 9.44 Å². The van der Waals surface area contributed by atoms with Crippen molar-refractivity contribution < 1.29 is 8.42 Å². The second kappa shape index (κ2) is 4.24. The lowest BCUT2D eigenvalue weighted by atomic mass is 10.0. The first-order valence-corrected chi connectivity index (χ1v) is 5.99. The Balaban J connectivity index is 2.65. The molecule has 6 nitrogen and oxygen atoms in total. The van der Waals surface area contributed by atoms with Crippen LogP contribution in [0.25, 0.3) is 0 Å². The standard InChI is InChI=1S/C7H16N4O2S/c1-10-14(12,13)11-6-4-2-3-5(6)7(8)9/h5-6,10-11H,2-4H2,1H3,(H3,8,9). The van der Waals surface area contributed by atoms with E-state index < -0.39 is 10.2 Å². The fraction of sp³-hybridized carbons (Fsp3) is 0.857. The highest BCUT2D eigenvalue weighted by molar-refractivity contribution is 7.87. The van der Waals surface area contributed by atoms with Crippen molar-refractivity contribution in [3.8, 4) is 0 Å². The van der Waals surface area contributed by atoms with Crippen LogP contribution in [0.3, 0.4) is 0 Å². The number of nitrogens with one attached hydrogen (secondary N) is 3. The molecule has 0 aliphatic heterocycles. The quantitative estimate of drug-likeness (QED) is 0.366. The molecule has 0 radical (unpaired) electrons. The Morgan fingerprint density at radius 3 is 2.64 bits per heavy atom. The van der Waals surface area contributed by atoms with Crippen LogP contribution in [-0.2, 0) is 10.2 Å². The van der Waals surface area contributed by atoms with Crippen LogP contribution >= 0.6 is 0 Å². The van der Waals surface area contributed by atoms with Crippen molar-refractivity contribution in [2.24, 2.45) is 11.7 Å². The monoisotopic (exact) mass is 220 g/mol. The second-order valence-corrected chi connectivity index (χ2v) is 5.08. The third kappa shape index (κ3) is 2.66. The summed E-state index contributed by atoms with van der Waals surface area (Å²) in [7, 11) is -2.07. The van der Waals surface area contributed by atoms with Gasteiger partial charge in [-0.1, -0.05) is 6.42 Å². The minimum Gasteiger partial charge on any atom is -0.387 e. The Morgan fingerprint density at radius 1 is 1.50 bits per heavy atom. The third-order valence-corrected chi connectivity index (χ3v) is 3.64. The molecule has 0 saturated heterocycles. The molecule has 1 aliphatic rings. The van der Waals surface area contributed by atoms with Crippen molar-refractivity contribution >= 4 is 16.0 Å². The van der Waals surface area contributed by atoms with E-state index in [4.69, 9.17) is 11.1 Å². The summed E-state index contributed by atoms with van der Waals surface area (Å²) in [5.74, 6) is -0.0931. The first-order valence-electron chi connectivity index (χ1n) is 4.51. The van der Waals surface area contributed by atoms with E-state index in [0.717, 1.165) is 19.3 Å². The molecule has 0 aromatic heterocycles. The fourth-order valence-corrected chi connectivity index (χ4v) is 2.53. The molecule has 1 rings (SSSR count). The molecule has 2 atom stereocenters. The Labute approximate surface area is 83.9 Å². The molecule has 0 aromatic rings. The number of hydrogen-bond donors (Lipinski definition) is 4. The summed E-state index contributed by atoms with van der Waals surface area (Å²) in [6.07, 6.45) is 2.43. The van der Waals surface area contributed by atoms with Crippen LogP contribution in [0.4, 0.5) is 0 Å². The van der Waals surface area contributed by atoms with E-state index in [0.29, 0.717) is 0 Å². The summed E-state index contributed by atoms with van der Waals surface area (Å²) in [6, 6.07) is -0.232. The van der Waals surface area contributed by atoms with Crippen LogP contribution in [0.5, 0.6) is 0 Å². The summed E-state index contributed by atoms with van der Waals surface area (Å²) in [4.78, 5) is 0. The van der Waals surface area contributed by atoms with Gasteiger partial charge in [-0.3, -0.25) is 5.41 Å². The van der Waals surface area contributed by atoms with Gasteiger partial charge in [-0.05, 0) is 12.8 Å². The molecule has 0 aromatic carbocycles. The Morgan fingerprint density at radius 2 is 2.14 bits per heavy atom. The van der Waals surface area contributed by atoms with Crippen LogP contribution in [-0.4, -0.2) is 27.3 Å². The van der Waals surface area contributed by atoms with E-state index >= 15 is 0 Å². The summed E-state index contributed by atoms with van der Waals surface area (Å²) >= 11 is 0. The normalized spacial score (nSPS) is 27.8. The summed E-state index contributed by atoms with van der Waals surface area (Å²) in [5, 5.41) is 7.31. The molecule has 5 N–H and O–H groups in total. The van der Waals surface area contributed by atoms with Crippen molar-refractivity contribution in [2.75, 3.05) is 7.05 Å². The Hall–Kier alpha value is -0.660. The summed E-state index contributed by atoms with van der Waals surface area (Å²) in [6.45, 7) is 0. The Kier molecular flexibility index (Phi) is 3.46. The molecule has 0 amide bonds. The zero-order valence-corrected chi connectivity index (χ0v) is 8.89. The van der Waals surface area contributed by atoms with Gasteiger partial charge in [-0.25, -0.2) is 4.72 Å². The minimum atomic E-state index is -3.42. The Bertz CT molecular complexity index is 314. The lowest BCUT2D eigenvalue weighted by Crippen LogP contribution is -2.45.